The zero-order chi connectivity index (χ0) is 24.5. The van der Waals surface area contributed by atoms with Crippen LogP contribution in [-0.2, 0) is 14.4 Å². The first-order valence-corrected chi connectivity index (χ1v) is 15.3. The molecule has 0 spiro atoms. The van der Waals surface area contributed by atoms with Crippen LogP contribution in [0.1, 0.15) is 59.6 Å². The third kappa shape index (κ3) is 5.63. The summed E-state index contributed by atoms with van der Waals surface area (Å²) in [5.41, 5.74) is -0.569. The van der Waals surface area contributed by atoms with Crippen LogP contribution in [0.15, 0.2) is 71.1 Å². The number of benzene rings is 2. The molecule has 3 rings (SSSR count). The Balaban J connectivity index is 2.06. The summed E-state index contributed by atoms with van der Waals surface area (Å²) in [7, 11) is -6.41. The molecule has 0 aliphatic heterocycles. The Hall–Kier alpha value is -1.84. The Morgan fingerprint density at radius 1 is 0.909 bits per heavy atom. The van der Waals surface area contributed by atoms with Crippen LogP contribution in [0.2, 0.25) is 5.04 Å². The summed E-state index contributed by atoms with van der Waals surface area (Å²) >= 11 is 1.17. The Morgan fingerprint density at radius 3 is 1.82 bits per heavy atom. The van der Waals surface area contributed by atoms with Gasteiger partial charge in [0.1, 0.15) is 5.01 Å². The predicted octanol–water partition coefficient (Wildman–Crippen LogP) is 4.86. The Kier molecular flexibility index (Phi) is 7.36. The minimum absolute atomic E-state index is 0.177. The first-order chi connectivity index (χ1) is 15.3. The van der Waals surface area contributed by atoms with Crippen molar-refractivity contribution in [3.8, 4) is 0 Å². The first kappa shape index (κ1) is 25.8. The summed E-state index contributed by atoms with van der Waals surface area (Å²) < 4.78 is 35.6. The molecule has 3 aromatic rings. The van der Waals surface area contributed by atoms with E-state index in [9.17, 15) is 8.42 Å². The van der Waals surface area contributed by atoms with Crippen LogP contribution in [-0.4, -0.2) is 27.3 Å². The second kappa shape index (κ2) is 9.42. The highest BCUT2D eigenvalue weighted by molar-refractivity contribution is 7.91. The number of thiazole rings is 1. The van der Waals surface area contributed by atoms with Gasteiger partial charge in [-0.25, -0.2) is 18.1 Å². The van der Waals surface area contributed by atoms with Gasteiger partial charge in [-0.3, -0.25) is 0 Å². The summed E-state index contributed by atoms with van der Waals surface area (Å²) in [6.07, 6.45) is 1.05. The molecule has 178 valence electrons. The van der Waals surface area contributed by atoms with Crippen LogP contribution in [0.4, 0.5) is 0 Å². The number of sulfonamides is 1. The highest BCUT2D eigenvalue weighted by Gasteiger charge is 2.51. The van der Waals surface area contributed by atoms with Gasteiger partial charge in [0.25, 0.3) is 18.3 Å². The second-order valence-corrected chi connectivity index (χ2v) is 17.5. The summed E-state index contributed by atoms with van der Waals surface area (Å²) in [6.45, 7) is 14.1. The molecule has 8 heteroatoms. The van der Waals surface area contributed by atoms with E-state index in [0.717, 1.165) is 0 Å². The van der Waals surface area contributed by atoms with Gasteiger partial charge in [-0.2, -0.15) is 0 Å². The molecular formula is C25H34N2O3S2Si. The minimum Gasteiger partial charge on any atom is -0.398 e. The fourth-order valence-electron chi connectivity index (χ4n) is 4.04. The molecule has 1 unspecified atom stereocenters. The molecule has 0 aliphatic rings. The second-order valence-electron chi connectivity index (χ2n) is 10.3. The van der Waals surface area contributed by atoms with E-state index < -0.39 is 23.9 Å². The SMILES string of the molecule is CC(O[Si](c1ccccc1)(c1ccccc1)C(C)(C)C)c1ncc(S(=O)(=O)NC(C)(C)C)s1. The zero-order valence-electron chi connectivity index (χ0n) is 20.4. The molecule has 0 amide bonds. The van der Waals surface area contributed by atoms with Crippen molar-refractivity contribution in [2.75, 3.05) is 0 Å². The molecule has 1 N–H and O–H groups in total. The van der Waals surface area contributed by atoms with E-state index in [1.54, 1.807) is 0 Å². The Labute approximate surface area is 203 Å². The van der Waals surface area contributed by atoms with Crippen molar-refractivity contribution in [3.05, 3.63) is 71.9 Å². The van der Waals surface area contributed by atoms with Crippen molar-refractivity contribution in [1.29, 1.82) is 0 Å². The molecule has 0 aliphatic carbocycles. The van der Waals surface area contributed by atoms with Crippen molar-refractivity contribution in [3.63, 3.8) is 0 Å². The maximum absolute atomic E-state index is 12.8. The summed E-state index contributed by atoms with van der Waals surface area (Å²) in [6, 6.07) is 20.8. The number of rotatable bonds is 7. The smallest absolute Gasteiger partial charge is 0.262 e. The van der Waals surface area contributed by atoms with Crippen molar-refractivity contribution < 1.29 is 12.8 Å². The molecule has 1 heterocycles. The lowest BCUT2D eigenvalue weighted by Gasteiger charge is -2.44. The lowest BCUT2D eigenvalue weighted by atomic mass is 10.1. The Morgan fingerprint density at radius 2 is 1.39 bits per heavy atom. The van der Waals surface area contributed by atoms with Crippen molar-refractivity contribution in [1.82, 2.24) is 9.71 Å². The quantitative estimate of drug-likeness (QED) is 0.469. The van der Waals surface area contributed by atoms with E-state index in [2.05, 4.69) is 54.7 Å². The van der Waals surface area contributed by atoms with Gasteiger partial charge in [-0.15, -0.1) is 11.3 Å². The maximum Gasteiger partial charge on any atom is 0.262 e. The highest BCUT2D eigenvalue weighted by atomic mass is 32.2. The van der Waals surface area contributed by atoms with Crippen molar-refractivity contribution in [2.45, 2.75) is 69.4 Å². The van der Waals surface area contributed by atoms with Gasteiger partial charge >= 0.3 is 0 Å². The molecule has 0 saturated heterocycles. The lowest BCUT2D eigenvalue weighted by molar-refractivity contribution is 0.210. The third-order valence-electron chi connectivity index (χ3n) is 5.33. The summed E-state index contributed by atoms with van der Waals surface area (Å²) in [4.78, 5) is 4.46. The van der Waals surface area contributed by atoms with Gasteiger partial charge in [-0.1, -0.05) is 81.4 Å². The molecule has 5 nitrogen and oxygen atoms in total. The van der Waals surface area contributed by atoms with Crippen molar-refractivity contribution >= 4 is 40.1 Å². The Bertz CT molecular complexity index is 1130. The van der Waals surface area contributed by atoms with E-state index in [1.807, 2.05) is 64.1 Å². The van der Waals surface area contributed by atoms with Crippen LogP contribution in [0.5, 0.6) is 0 Å². The summed E-state index contributed by atoms with van der Waals surface area (Å²) in [5, 5.41) is 2.82. The average molecular weight is 503 g/mol. The molecule has 1 aromatic heterocycles. The van der Waals surface area contributed by atoms with E-state index in [1.165, 1.54) is 27.9 Å². The van der Waals surface area contributed by atoms with E-state index in [0.29, 0.717) is 5.01 Å². The van der Waals surface area contributed by atoms with Gasteiger partial charge in [0, 0.05) is 5.54 Å². The molecule has 33 heavy (non-hydrogen) atoms. The topological polar surface area (TPSA) is 68.3 Å². The van der Waals surface area contributed by atoms with Gasteiger partial charge in [0.05, 0.1) is 12.3 Å². The van der Waals surface area contributed by atoms with Crippen molar-refractivity contribution in [2.24, 2.45) is 0 Å². The van der Waals surface area contributed by atoms with Crippen LogP contribution in [0.3, 0.4) is 0 Å². The number of hydrogen-bond donors (Lipinski definition) is 1. The first-order valence-electron chi connectivity index (χ1n) is 11.0. The van der Waals surface area contributed by atoms with Gasteiger partial charge in [0.15, 0.2) is 4.21 Å². The van der Waals surface area contributed by atoms with Crippen LogP contribution < -0.4 is 15.1 Å². The van der Waals surface area contributed by atoms with E-state index in [-0.39, 0.29) is 15.4 Å². The van der Waals surface area contributed by atoms with E-state index in [4.69, 9.17) is 4.43 Å². The molecule has 0 saturated carbocycles. The molecule has 1 atom stereocenters. The molecule has 2 aromatic carbocycles. The number of nitrogens with one attached hydrogen (secondary N) is 1. The van der Waals surface area contributed by atoms with Gasteiger partial charge in [0.2, 0.25) is 0 Å². The molecular weight excluding hydrogens is 469 g/mol. The monoisotopic (exact) mass is 502 g/mol. The van der Waals surface area contributed by atoms with Gasteiger partial charge in [-0.05, 0) is 43.1 Å². The van der Waals surface area contributed by atoms with Gasteiger partial charge < -0.3 is 4.43 Å². The number of nitrogens with zero attached hydrogens (tertiary/aromatic N) is 1. The summed E-state index contributed by atoms with van der Waals surface area (Å²) in [5.74, 6) is 0. The minimum atomic E-state index is -3.65. The van der Waals surface area contributed by atoms with Crippen LogP contribution in [0, 0.1) is 0 Å². The standard InChI is InChI=1S/C25H34N2O3S2Si/c1-19(23-26-18-22(31-23)32(28,29)27-24(2,3)4)30-33(25(5,6)7,20-14-10-8-11-15-20)21-16-12-9-13-17-21/h8-19,27H,1-7H3. The fraction of sp³-hybridized carbons (Fsp3) is 0.400. The zero-order valence-corrected chi connectivity index (χ0v) is 23.0. The third-order valence-corrected chi connectivity index (χ3v) is 13.8. The average Bonchev–Trinajstić information content (AvgIpc) is 3.22. The molecule has 0 bridgehead atoms. The largest absolute Gasteiger partial charge is 0.398 e. The van der Waals surface area contributed by atoms with Crippen LogP contribution in [0.25, 0.3) is 0 Å². The maximum atomic E-state index is 12.8. The normalized spacial score (nSPS) is 14.3. The fourth-order valence-corrected chi connectivity index (χ4v) is 11.3. The predicted molar refractivity (Wildman–Crippen MR) is 139 cm³/mol. The molecule has 0 fully saturated rings. The number of hydrogen-bond acceptors (Lipinski definition) is 5. The van der Waals surface area contributed by atoms with Crippen LogP contribution >= 0.6 is 11.3 Å². The highest BCUT2D eigenvalue weighted by Crippen LogP contribution is 2.40. The van der Waals surface area contributed by atoms with E-state index >= 15 is 0 Å². The number of aromatic nitrogens is 1. The molecule has 0 radical (unpaired) electrons. The lowest BCUT2D eigenvalue weighted by Crippen LogP contribution is -2.66.